The average molecular weight is 263 g/mol. The fourth-order valence-corrected chi connectivity index (χ4v) is 3.21. The number of carboxylic acids is 1. The summed E-state index contributed by atoms with van der Waals surface area (Å²) in [5, 5.41) is 8.66. The van der Waals surface area contributed by atoms with Gasteiger partial charge < -0.3 is 5.11 Å². The van der Waals surface area contributed by atoms with Crippen molar-refractivity contribution in [1.82, 2.24) is 4.31 Å². The first-order valence-corrected chi connectivity index (χ1v) is 6.86. The molecule has 6 nitrogen and oxygen atoms in total. The van der Waals surface area contributed by atoms with Crippen LogP contribution in [-0.2, 0) is 19.6 Å². The fourth-order valence-electron chi connectivity index (χ4n) is 1.64. The summed E-state index contributed by atoms with van der Waals surface area (Å²) in [6, 6.07) is 0. The molecule has 1 rings (SSSR count). The maximum absolute atomic E-state index is 11.7. The molecule has 0 aromatic carbocycles. The fraction of sp³-hybridized carbons (Fsp3) is 0.800. The van der Waals surface area contributed by atoms with E-state index in [0.717, 1.165) is 4.31 Å². The molecule has 0 saturated carbocycles. The van der Waals surface area contributed by atoms with Gasteiger partial charge in [-0.15, -0.1) is 0 Å². The number of carbonyl (C=O) groups is 2. The second-order valence-corrected chi connectivity index (χ2v) is 7.19. The van der Waals surface area contributed by atoms with E-state index in [2.05, 4.69) is 0 Å². The van der Waals surface area contributed by atoms with Crippen molar-refractivity contribution in [2.24, 2.45) is 5.92 Å². The van der Waals surface area contributed by atoms with Crippen molar-refractivity contribution >= 4 is 21.9 Å². The predicted molar refractivity (Wildman–Crippen MR) is 60.7 cm³/mol. The number of carbonyl (C=O) groups excluding carboxylic acids is 1. The Hall–Kier alpha value is -1.11. The van der Waals surface area contributed by atoms with Crippen LogP contribution in [0.2, 0.25) is 0 Å². The molecule has 17 heavy (non-hydrogen) atoms. The summed E-state index contributed by atoms with van der Waals surface area (Å²) in [7, 11) is -3.53. The highest BCUT2D eigenvalue weighted by molar-refractivity contribution is 7.94. The molecule has 1 N–H and O–H groups in total. The Labute approximate surface area is 101 Å². The Balaban J connectivity index is 2.51. The van der Waals surface area contributed by atoms with Crippen LogP contribution in [0.5, 0.6) is 0 Å². The van der Waals surface area contributed by atoms with E-state index in [4.69, 9.17) is 5.11 Å². The summed E-state index contributed by atoms with van der Waals surface area (Å²) in [4.78, 5) is 22.1. The van der Waals surface area contributed by atoms with Crippen molar-refractivity contribution in [1.29, 1.82) is 0 Å². The van der Waals surface area contributed by atoms with Gasteiger partial charge in [-0.3, -0.25) is 9.59 Å². The molecule has 0 aromatic rings. The quantitative estimate of drug-likeness (QED) is 0.777. The lowest BCUT2D eigenvalue weighted by atomic mass is 10.1. The molecule has 1 heterocycles. The van der Waals surface area contributed by atoms with Gasteiger partial charge in [-0.2, -0.15) is 0 Å². The van der Waals surface area contributed by atoms with Crippen LogP contribution in [0.25, 0.3) is 0 Å². The number of rotatable bonds is 5. The zero-order valence-electron chi connectivity index (χ0n) is 10.1. The number of hydrogen-bond donors (Lipinski definition) is 1. The molecule has 1 atom stereocenters. The summed E-state index contributed by atoms with van der Waals surface area (Å²) in [5.41, 5.74) is 0. The van der Waals surface area contributed by atoms with Crippen molar-refractivity contribution in [3.8, 4) is 0 Å². The molecule has 1 amide bonds. The lowest BCUT2D eigenvalue weighted by Gasteiger charge is -2.43. The zero-order chi connectivity index (χ0) is 13.4. The summed E-state index contributed by atoms with van der Waals surface area (Å²) < 4.78 is 22.9. The Kier molecular flexibility index (Phi) is 3.52. The molecule has 1 aliphatic rings. The first-order valence-electron chi connectivity index (χ1n) is 5.42. The van der Waals surface area contributed by atoms with Crippen molar-refractivity contribution in [3.63, 3.8) is 0 Å². The van der Waals surface area contributed by atoms with E-state index < -0.39 is 32.6 Å². The van der Waals surface area contributed by atoms with Gasteiger partial charge in [0.1, 0.15) is 0 Å². The topological polar surface area (TPSA) is 91.8 Å². The summed E-state index contributed by atoms with van der Waals surface area (Å²) >= 11 is 0. The van der Waals surface area contributed by atoms with E-state index in [-0.39, 0.29) is 6.54 Å². The highest BCUT2D eigenvalue weighted by Gasteiger charge is 2.59. The van der Waals surface area contributed by atoms with Crippen molar-refractivity contribution in [2.75, 3.05) is 6.54 Å². The number of amides is 1. The molecule has 1 aliphatic heterocycles. The predicted octanol–water partition coefficient (Wildman–Crippen LogP) is 0.438. The molecule has 0 aliphatic carbocycles. The summed E-state index contributed by atoms with van der Waals surface area (Å²) in [6.07, 6.45) is 0.726. The van der Waals surface area contributed by atoms with Gasteiger partial charge in [-0.1, -0.05) is 6.92 Å². The lowest BCUT2D eigenvalue weighted by Crippen LogP contribution is -2.67. The third-order valence-electron chi connectivity index (χ3n) is 3.10. The third kappa shape index (κ3) is 2.15. The molecule has 0 spiro atoms. The van der Waals surface area contributed by atoms with Gasteiger partial charge in [-0.25, -0.2) is 12.7 Å². The molecule has 0 radical (unpaired) electrons. The maximum atomic E-state index is 11.7. The van der Waals surface area contributed by atoms with Crippen LogP contribution < -0.4 is 0 Å². The molecule has 98 valence electrons. The standard InChI is InChI=1S/C10H17NO5S/c1-7(8(12)13)5-4-6-11-9(14)10(2,3)17(11,15)16/h7H,4-6H2,1-3H3,(H,12,13). The van der Waals surface area contributed by atoms with Crippen LogP contribution >= 0.6 is 0 Å². The van der Waals surface area contributed by atoms with Crippen LogP contribution in [0.1, 0.15) is 33.6 Å². The van der Waals surface area contributed by atoms with E-state index in [1.165, 1.54) is 13.8 Å². The first-order chi connectivity index (χ1) is 7.62. The van der Waals surface area contributed by atoms with Crippen LogP contribution in [0.4, 0.5) is 0 Å². The van der Waals surface area contributed by atoms with Gasteiger partial charge in [0.15, 0.2) is 4.75 Å². The number of sulfonamides is 1. The summed E-state index contributed by atoms with van der Waals surface area (Å²) in [5.74, 6) is -1.86. The van der Waals surface area contributed by atoms with Gasteiger partial charge in [0.05, 0.1) is 5.92 Å². The van der Waals surface area contributed by atoms with Crippen LogP contribution in [0.3, 0.4) is 0 Å². The second-order valence-electron chi connectivity index (χ2n) is 4.77. The van der Waals surface area contributed by atoms with Crippen LogP contribution in [0.15, 0.2) is 0 Å². The monoisotopic (exact) mass is 263 g/mol. The van der Waals surface area contributed by atoms with Crippen molar-refractivity contribution in [2.45, 2.75) is 38.4 Å². The minimum Gasteiger partial charge on any atom is -0.481 e. The largest absolute Gasteiger partial charge is 0.481 e. The van der Waals surface area contributed by atoms with E-state index >= 15 is 0 Å². The molecule has 7 heteroatoms. The highest BCUT2D eigenvalue weighted by Crippen LogP contribution is 2.34. The zero-order valence-corrected chi connectivity index (χ0v) is 11.0. The number of aliphatic carboxylic acids is 1. The molecular weight excluding hydrogens is 246 g/mol. The first kappa shape index (κ1) is 14.0. The Morgan fingerprint density at radius 3 is 2.41 bits per heavy atom. The SMILES string of the molecule is CC(CCCN1C(=O)C(C)(C)S1(=O)=O)C(=O)O. The average Bonchev–Trinajstić information content (AvgIpc) is 2.22. The highest BCUT2D eigenvalue weighted by atomic mass is 32.2. The van der Waals surface area contributed by atoms with Gasteiger partial charge >= 0.3 is 5.97 Å². The molecular formula is C10H17NO5S. The Morgan fingerprint density at radius 2 is 2.00 bits per heavy atom. The lowest BCUT2D eigenvalue weighted by molar-refractivity contribution is -0.141. The smallest absolute Gasteiger partial charge is 0.306 e. The van der Waals surface area contributed by atoms with E-state index in [0.29, 0.717) is 12.8 Å². The van der Waals surface area contributed by atoms with Crippen LogP contribution in [-0.4, -0.2) is 41.0 Å². The second kappa shape index (κ2) is 4.29. The van der Waals surface area contributed by atoms with Gasteiger partial charge in [0, 0.05) is 6.54 Å². The Morgan fingerprint density at radius 1 is 1.47 bits per heavy atom. The van der Waals surface area contributed by atoms with Crippen molar-refractivity contribution < 1.29 is 23.1 Å². The van der Waals surface area contributed by atoms with Gasteiger partial charge in [0.25, 0.3) is 15.9 Å². The molecule has 1 fully saturated rings. The van der Waals surface area contributed by atoms with E-state index in [1.54, 1.807) is 6.92 Å². The number of nitrogens with zero attached hydrogens (tertiary/aromatic N) is 1. The molecule has 1 saturated heterocycles. The normalized spacial score (nSPS) is 23.0. The minimum atomic E-state index is -3.53. The van der Waals surface area contributed by atoms with Crippen LogP contribution in [0, 0.1) is 5.92 Å². The van der Waals surface area contributed by atoms with E-state index in [1.807, 2.05) is 0 Å². The molecule has 0 bridgehead atoms. The van der Waals surface area contributed by atoms with E-state index in [9.17, 15) is 18.0 Å². The van der Waals surface area contributed by atoms with Crippen molar-refractivity contribution in [3.05, 3.63) is 0 Å². The molecule has 0 aromatic heterocycles. The maximum Gasteiger partial charge on any atom is 0.306 e. The molecule has 1 unspecified atom stereocenters. The van der Waals surface area contributed by atoms with Gasteiger partial charge in [0.2, 0.25) is 0 Å². The number of hydrogen-bond acceptors (Lipinski definition) is 4. The Bertz CT molecular complexity index is 440. The third-order valence-corrected chi connectivity index (χ3v) is 5.49. The van der Waals surface area contributed by atoms with Gasteiger partial charge in [-0.05, 0) is 26.7 Å². The number of carboxylic acid groups (broad SMARTS) is 1. The summed E-state index contributed by atoms with van der Waals surface area (Å²) in [6.45, 7) is 4.38. The minimum absolute atomic E-state index is 0.0716.